The molecule has 0 spiro atoms. The van der Waals surface area contributed by atoms with Gasteiger partial charge in [0, 0.05) is 6.07 Å². The van der Waals surface area contributed by atoms with E-state index in [0.29, 0.717) is 12.1 Å². The quantitative estimate of drug-likeness (QED) is 0.662. The maximum Gasteiger partial charge on any atom is 0.417 e. The molecule has 1 amide bonds. The van der Waals surface area contributed by atoms with Crippen molar-refractivity contribution in [3.05, 3.63) is 64.7 Å². The van der Waals surface area contributed by atoms with Crippen molar-refractivity contribution in [3.8, 4) is 0 Å². The Labute approximate surface area is 133 Å². The molecule has 0 aliphatic heterocycles. The lowest BCUT2D eigenvalue weighted by atomic mass is 10.0. The number of hydrogen-bond donors (Lipinski definition) is 1. The van der Waals surface area contributed by atoms with Gasteiger partial charge in [-0.05, 0) is 31.2 Å². The van der Waals surface area contributed by atoms with Gasteiger partial charge in [0.15, 0.2) is 5.78 Å². The van der Waals surface area contributed by atoms with E-state index in [2.05, 4.69) is 5.32 Å². The number of carbonyl (C=O) groups is 2. The minimum absolute atomic E-state index is 0.411. The Kier molecular flexibility index (Phi) is 4.68. The second-order valence-corrected chi connectivity index (χ2v) is 4.86. The number of benzene rings is 2. The highest BCUT2D eigenvalue weighted by molar-refractivity contribution is 6.09. The Morgan fingerprint density at radius 3 is 2.25 bits per heavy atom. The smallest absolute Gasteiger partial charge is 0.321 e. The highest BCUT2D eigenvalue weighted by atomic mass is 19.4. The molecule has 2 aromatic rings. The molecule has 2 rings (SSSR count). The van der Waals surface area contributed by atoms with E-state index in [1.54, 1.807) is 0 Å². The average molecular weight is 343 g/mol. The van der Waals surface area contributed by atoms with Crippen LogP contribution in [0.25, 0.3) is 0 Å². The molecule has 0 heterocycles. The van der Waals surface area contributed by atoms with Gasteiger partial charge in [-0.3, -0.25) is 9.59 Å². The molecule has 3 nitrogen and oxygen atoms in total. The van der Waals surface area contributed by atoms with Gasteiger partial charge in [0.25, 0.3) is 5.91 Å². The fraction of sp³-hybridized carbons (Fsp3) is 0.125. The zero-order valence-electron chi connectivity index (χ0n) is 12.2. The minimum Gasteiger partial charge on any atom is -0.321 e. The van der Waals surface area contributed by atoms with Gasteiger partial charge in [0.05, 0.1) is 22.4 Å². The predicted molar refractivity (Wildman–Crippen MR) is 75.8 cm³/mol. The predicted octanol–water partition coefficient (Wildman–Crippen LogP) is 4.44. The Bertz CT molecular complexity index is 815. The second-order valence-electron chi connectivity index (χ2n) is 4.86. The maximum atomic E-state index is 13.6. The van der Waals surface area contributed by atoms with Crippen molar-refractivity contribution in [2.45, 2.75) is 13.1 Å². The molecule has 0 radical (unpaired) electrons. The Balaban J connectivity index is 2.46. The van der Waals surface area contributed by atoms with E-state index < -0.39 is 51.9 Å². The van der Waals surface area contributed by atoms with Crippen molar-refractivity contribution in [1.82, 2.24) is 0 Å². The summed E-state index contributed by atoms with van der Waals surface area (Å²) in [6.07, 6.45) is -4.80. The lowest BCUT2D eigenvalue weighted by molar-refractivity contribution is -0.137. The van der Waals surface area contributed by atoms with Crippen LogP contribution in [0.2, 0.25) is 0 Å². The van der Waals surface area contributed by atoms with Crippen LogP contribution < -0.4 is 5.32 Å². The van der Waals surface area contributed by atoms with E-state index in [9.17, 15) is 31.5 Å². The molecule has 0 atom stereocenters. The van der Waals surface area contributed by atoms with E-state index in [1.165, 1.54) is 0 Å². The van der Waals surface area contributed by atoms with Crippen LogP contribution in [-0.2, 0) is 6.18 Å². The molecule has 0 bridgehead atoms. The topological polar surface area (TPSA) is 46.2 Å². The van der Waals surface area contributed by atoms with Gasteiger partial charge < -0.3 is 5.32 Å². The van der Waals surface area contributed by atoms with Crippen LogP contribution in [0.1, 0.15) is 33.2 Å². The average Bonchev–Trinajstić information content (AvgIpc) is 2.45. The number of hydrogen-bond acceptors (Lipinski definition) is 2. The van der Waals surface area contributed by atoms with Crippen LogP contribution in [0.5, 0.6) is 0 Å². The molecule has 0 saturated carbocycles. The molecule has 8 heteroatoms. The first-order valence-electron chi connectivity index (χ1n) is 6.59. The van der Waals surface area contributed by atoms with Crippen LogP contribution in [0.4, 0.5) is 27.6 Å². The van der Waals surface area contributed by atoms with Gasteiger partial charge in [-0.2, -0.15) is 13.2 Å². The first-order valence-corrected chi connectivity index (χ1v) is 6.59. The third-order valence-electron chi connectivity index (χ3n) is 3.15. The Morgan fingerprint density at radius 1 is 1.04 bits per heavy atom. The van der Waals surface area contributed by atoms with E-state index in [1.807, 2.05) is 0 Å². The summed E-state index contributed by atoms with van der Waals surface area (Å²) < 4.78 is 65.4. The molecule has 0 unspecified atom stereocenters. The molecule has 0 aliphatic rings. The minimum atomic E-state index is -4.80. The standard InChI is InChI=1S/C16H10F5NO2/c1-8(23)14-11(16(19,20)21)3-2-4-13(14)22-15(24)10-6-5-9(17)7-12(10)18/h2-7H,1H3,(H,22,24). The molecule has 0 fully saturated rings. The molecule has 126 valence electrons. The third kappa shape index (κ3) is 3.58. The monoisotopic (exact) mass is 343 g/mol. The Hall–Kier alpha value is -2.77. The highest BCUT2D eigenvalue weighted by Crippen LogP contribution is 2.35. The number of amides is 1. The molecule has 0 saturated heterocycles. The van der Waals surface area contributed by atoms with E-state index in [4.69, 9.17) is 0 Å². The SMILES string of the molecule is CC(=O)c1c(NC(=O)c2ccc(F)cc2F)cccc1C(F)(F)F. The summed E-state index contributed by atoms with van der Waals surface area (Å²) in [7, 11) is 0. The summed E-state index contributed by atoms with van der Waals surface area (Å²) in [6.45, 7) is 0.915. The summed E-state index contributed by atoms with van der Waals surface area (Å²) in [6, 6.07) is 4.94. The summed E-state index contributed by atoms with van der Waals surface area (Å²) in [5.41, 5.74) is -2.93. The first-order chi connectivity index (χ1) is 11.1. The van der Waals surface area contributed by atoms with Crippen LogP contribution in [0, 0.1) is 11.6 Å². The summed E-state index contributed by atoms with van der Waals surface area (Å²) in [5.74, 6) is -4.11. The molecule has 24 heavy (non-hydrogen) atoms. The lowest BCUT2D eigenvalue weighted by Gasteiger charge is -2.15. The second kappa shape index (κ2) is 6.38. The zero-order valence-corrected chi connectivity index (χ0v) is 12.2. The van der Waals surface area contributed by atoms with Gasteiger partial charge in [-0.1, -0.05) is 6.07 Å². The number of alkyl halides is 3. The van der Waals surface area contributed by atoms with E-state index in [0.717, 1.165) is 31.2 Å². The third-order valence-corrected chi connectivity index (χ3v) is 3.15. The number of Topliss-reactive ketones (excluding diaryl/α,β-unsaturated/α-hetero) is 1. The molecule has 2 aromatic carbocycles. The van der Waals surface area contributed by atoms with Crippen molar-refractivity contribution in [2.75, 3.05) is 5.32 Å². The Morgan fingerprint density at radius 2 is 1.71 bits per heavy atom. The fourth-order valence-corrected chi connectivity index (χ4v) is 2.14. The summed E-state index contributed by atoms with van der Waals surface area (Å²) >= 11 is 0. The van der Waals surface area contributed by atoms with Gasteiger partial charge in [0.1, 0.15) is 11.6 Å². The number of halogens is 5. The maximum absolute atomic E-state index is 13.6. The van der Waals surface area contributed by atoms with E-state index in [-0.39, 0.29) is 0 Å². The zero-order chi connectivity index (χ0) is 18.1. The summed E-state index contributed by atoms with van der Waals surface area (Å²) in [5, 5.41) is 2.06. The van der Waals surface area contributed by atoms with Gasteiger partial charge in [0.2, 0.25) is 0 Å². The van der Waals surface area contributed by atoms with Crippen LogP contribution >= 0.6 is 0 Å². The van der Waals surface area contributed by atoms with Crippen molar-refractivity contribution in [2.24, 2.45) is 0 Å². The van der Waals surface area contributed by atoms with Crippen LogP contribution in [-0.4, -0.2) is 11.7 Å². The number of nitrogens with one attached hydrogen (secondary N) is 1. The van der Waals surface area contributed by atoms with Crippen molar-refractivity contribution < 1.29 is 31.5 Å². The molecular formula is C16H10F5NO2. The van der Waals surface area contributed by atoms with Crippen molar-refractivity contribution in [3.63, 3.8) is 0 Å². The van der Waals surface area contributed by atoms with Gasteiger partial charge in [-0.15, -0.1) is 0 Å². The number of rotatable bonds is 3. The van der Waals surface area contributed by atoms with Gasteiger partial charge >= 0.3 is 6.18 Å². The van der Waals surface area contributed by atoms with Crippen LogP contribution in [0.15, 0.2) is 36.4 Å². The fourth-order valence-electron chi connectivity index (χ4n) is 2.14. The summed E-state index contributed by atoms with van der Waals surface area (Å²) in [4.78, 5) is 23.6. The number of anilines is 1. The molecule has 0 aliphatic carbocycles. The van der Waals surface area contributed by atoms with Crippen molar-refractivity contribution in [1.29, 1.82) is 0 Å². The van der Waals surface area contributed by atoms with E-state index >= 15 is 0 Å². The van der Waals surface area contributed by atoms with Crippen molar-refractivity contribution >= 4 is 17.4 Å². The largest absolute Gasteiger partial charge is 0.417 e. The highest BCUT2D eigenvalue weighted by Gasteiger charge is 2.35. The molecular weight excluding hydrogens is 333 g/mol. The number of carbonyl (C=O) groups excluding carboxylic acids is 2. The lowest BCUT2D eigenvalue weighted by Crippen LogP contribution is -2.19. The number of ketones is 1. The van der Waals surface area contributed by atoms with Crippen LogP contribution in [0.3, 0.4) is 0 Å². The molecule has 0 aromatic heterocycles. The molecule has 1 N–H and O–H groups in total. The first kappa shape index (κ1) is 17.6. The van der Waals surface area contributed by atoms with Gasteiger partial charge in [-0.25, -0.2) is 8.78 Å². The normalized spacial score (nSPS) is 11.2.